The van der Waals surface area contributed by atoms with E-state index in [1.165, 1.54) is 18.2 Å². The highest BCUT2D eigenvalue weighted by molar-refractivity contribution is 6.01. The molecule has 186 valence electrons. The van der Waals surface area contributed by atoms with Crippen LogP contribution in [0.25, 0.3) is 0 Å². The Balaban J connectivity index is 0.000000342. The average Bonchev–Trinajstić information content (AvgIpc) is 2.84. The van der Waals surface area contributed by atoms with Crippen LogP contribution >= 0.6 is 0 Å². The minimum atomic E-state index is -1.73. The second kappa shape index (κ2) is 15.4. The van der Waals surface area contributed by atoms with E-state index in [1.54, 1.807) is 30.3 Å². The summed E-state index contributed by atoms with van der Waals surface area (Å²) in [6, 6.07) is 12.5. The molecule has 0 spiro atoms. The highest BCUT2D eigenvalue weighted by Gasteiger charge is 2.21. The van der Waals surface area contributed by atoms with Crippen molar-refractivity contribution in [1.29, 1.82) is 0 Å². The summed E-state index contributed by atoms with van der Waals surface area (Å²) in [6.07, 6.45) is 2.68. The third kappa shape index (κ3) is 9.60. The zero-order valence-corrected chi connectivity index (χ0v) is 19.5. The van der Waals surface area contributed by atoms with Gasteiger partial charge in [-0.15, -0.1) is 0 Å². The van der Waals surface area contributed by atoms with Crippen LogP contribution < -0.4 is 5.73 Å². The number of phenolic OH excluding ortho intramolecular Hbond substituents is 1. The van der Waals surface area contributed by atoms with Crippen molar-refractivity contribution < 1.29 is 39.2 Å². The van der Waals surface area contributed by atoms with Gasteiger partial charge >= 0.3 is 17.9 Å². The van der Waals surface area contributed by atoms with E-state index < -0.39 is 30.6 Å². The number of nitrogens with two attached hydrogens (primary N) is 1. The van der Waals surface area contributed by atoms with E-state index in [1.807, 2.05) is 0 Å². The summed E-state index contributed by atoms with van der Waals surface area (Å²) in [5.74, 6) is -2.22. The fourth-order valence-corrected chi connectivity index (χ4v) is 2.79. The van der Waals surface area contributed by atoms with Crippen LogP contribution in [-0.2, 0) is 14.3 Å². The number of phenols is 1. The topological polar surface area (TPSA) is 156 Å². The van der Waals surface area contributed by atoms with Gasteiger partial charge in [-0.2, -0.15) is 0 Å². The van der Waals surface area contributed by atoms with Gasteiger partial charge in [-0.05, 0) is 36.6 Å². The Morgan fingerprint density at radius 3 is 2.15 bits per heavy atom. The van der Waals surface area contributed by atoms with E-state index in [0.29, 0.717) is 12.5 Å². The summed E-state index contributed by atoms with van der Waals surface area (Å²) in [5, 5.41) is 26.9. The maximum Gasteiger partial charge on any atom is 0.347 e. The van der Waals surface area contributed by atoms with Crippen molar-refractivity contribution in [3.05, 3.63) is 59.7 Å². The smallest absolute Gasteiger partial charge is 0.347 e. The van der Waals surface area contributed by atoms with Crippen LogP contribution in [0.5, 0.6) is 5.75 Å². The number of unbranched alkanes of at least 4 members (excludes halogenated alkanes) is 1. The standard InChI is InChI=1S/C15H22O3.C10H11NO5/c1-3-5-8-12(4-2)11-18-15(17)13-9-6-7-10-14(13)16;11-7-4-2-1-3-6(7)9(14)16-10(15)8(13)5-12/h6-7,9-10,12,16H,3-5,8,11H2,1-2H3;1-4,8,12-13H,5,11H2. The molecule has 0 radical (unpaired) electrons. The zero-order valence-electron chi connectivity index (χ0n) is 19.5. The molecule has 9 heteroatoms. The van der Waals surface area contributed by atoms with Gasteiger partial charge in [0.1, 0.15) is 11.3 Å². The maximum absolute atomic E-state index is 11.8. The number of ether oxygens (including phenoxy) is 2. The molecule has 0 aromatic heterocycles. The van der Waals surface area contributed by atoms with Crippen molar-refractivity contribution in [3.63, 3.8) is 0 Å². The molecule has 9 nitrogen and oxygen atoms in total. The number of carbonyl (C=O) groups is 3. The van der Waals surface area contributed by atoms with Crippen LogP contribution in [0.3, 0.4) is 0 Å². The molecule has 0 aliphatic rings. The van der Waals surface area contributed by atoms with Crippen molar-refractivity contribution in [3.8, 4) is 5.75 Å². The molecule has 0 heterocycles. The number of hydrogen-bond donors (Lipinski definition) is 4. The summed E-state index contributed by atoms with van der Waals surface area (Å²) < 4.78 is 9.56. The predicted octanol–water partition coefficient (Wildman–Crippen LogP) is 3.07. The van der Waals surface area contributed by atoms with Gasteiger partial charge in [-0.3, -0.25) is 0 Å². The number of aromatic hydroxyl groups is 1. The van der Waals surface area contributed by atoms with Crippen molar-refractivity contribution in [1.82, 2.24) is 0 Å². The first-order valence-electron chi connectivity index (χ1n) is 11.1. The van der Waals surface area contributed by atoms with Gasteiger partial charge in [0.05, 0.1) is 18.8 Å². The van der Waals surface area contributed by atoms with Crippen molar-refractivity contribution >= 4 is 23.6 Å². The lowest BCUT2D eigenvalue weighted by molar-refractivity contribution is -0.149. The second-order valence-corrected chi connectivity index (χ2v) is 7.53. The molecule has 2 unspecified atom stereocenters. The summed E-state index contributed by atoms with van der Waals surface area (Å²) in [4.78, 5) is 34.1. The second-order valence-electron chi connectivity index (χ2n) is 7.53. The molecule has 0 bridgehead atoms. The van der Waals surface area contributed by atoms with Crippen LogP contribution in [0.4, 0.5) is 5.69 Å². The molecule has 2 aromatic carbocycles. The molecule has 0 amide bonds. The number of aliphatic hydroxyl groups excluding tert-OH is 2. The SMILES string of the molecule is CCCCC(CC)COC(=O)c1ccccc1O.Nc1ccccc1C(=O)OC(=O)C(O)CO. The molecule has 0 saturated carbocycles. The highest BCUT2D eigenvalue weighted by Crippen LogP contribution is 2.18. The molecule has 2 atom stereocenters. The first-order valence-corrected chi connectivity index (χ1v) is 11.1. The number of esters is 3. The molecule has 5 N–H and O–H groups in total. The van der Waals surface area contributed by atoms with Gasteiger partial charge in [0.15, 0.2) is 6.10 Å². The predicted molar refractivity (Wildman–Crippen MR) is 126 cm³/mol. The third-order valence-electron chi connectivity index (χ3n) is 4.94. The zero-order chi connectivity index (χ0) is 25.5. The van der Waals surface area contributed by atoms with Gasteiger partial charge < -0.3 is 30.5 Å². The lowest BCUT2D eigenvalue weighted by Crippen LogP contribution is -2.29. The molecule has 0 fully saturated rings. The van der Waals surface area contributed by atoms with E-state index in [0.717, 1.165) is 25.7 Å². The largest absolute Gasteiger partial charge is 0.507 e. The summed E-state index contributed by atoms with van der Waals surface area (Å²) in [6.45, 7) is 3.88. The Hall–Kier alpha value is -3.43. The normalized spacial score (nSPS) is 12.0. The van der Waals surface area contributed by atoms with Crippen LogP contribution in [0.2, 0.25) is 0 Å². The maximum atomic E-state index is 11.8. The third-order valence-corrected chi connectivity index (χ3v) is 4.94. The summed E-state index contributed by atoms with van der Waals surface area (Å²) in [5.41, 5.74) is 5.91. The van der Waals surface area contributed by atoms with Crippen molar-refractivity contribution in [2.24, 2.45) is 5.92 Å². The van der Waals surface area contributed by atoms with Gasteiger partial charge in [0.2, 0.25) is 0 Å². The quantitative estimate of drug-likeness (QED) is 0.230. The molecule has 0 saturated heterocycles. The van der Waals surface area contributed by atoms with E-state index >= 15 is 0 Å². The van der Waals surface area contributed by atoms with Gasteiger partial charge in [-0.25, -0.2) is 14.4 Å². The van der Waals surface area contributed by atoms with Gasteiger partial charge in [0.25, 0.3) is 0 Å². The fraction of sp³-hybridized carbons (Fsp3) is 0.400. The van der Waals surface area contributed by atoms with Crippen LogP contribution in [0, 0.1) is 5.92 Å². The molecule has 2 aromatic rings. The monoisotopic (exact) mass is 475 g/mol. The van der Waals surface area contributed by atoms with Gasteiger partial charge in [0, 0.05) is 5.69 Å². The number of benzene rings is 2. The number of para-hydroxylation sites is 2. The Labute approximate surface area is 199 Å². The lowest BCUT2D eigenvalue weighted by atomic mass is 10.0. The van der Waals surface area contributed by atoms with Crippen LogP contribution in [0.15, 0.2) is 48.5 Å². The minimum absolute atomic E-state index is 0.0240. The van der Waals surface area contributed by atoms with E-state index in [-0.39, 0.29) is 22.6 Å². The van der Waals surface area contributed by atoms with E-state index in [9.17, 15) is 19.5 Å². The van der Waals surface area contributed by atoms with E-state index in [2.05, 4.69) is 18.6 Å². The summed E-state index contributed by atoms with van der Waals surface area (Å²) in [7, 11) is 0. The fourth-order valence-electron chi connectivity index (χ4n) is 2.79. The molecular formula is C25H33NO8. The number of carbonyl (C=O) groups excluding carboxylic acids is 3. The number of rotatable bonds is 10. The van der Waals surface area contributed by atoms with Crippen LogP contribution in [-0.4, -0.2) is 52.5 Å². The molecule has 0 aliphatic carbocycles. The van der Waals surface area contributed by atoms with Crippen LogP contribution in [0.1, 0.15) is 60.2 Å². The Morgan fingerprint density at radius 1 is 0.971 bits per heavy atom. The Kier molecular flexibility index (Phi) is 13.0. The molecule has 2 rings (SSSR count). The van der Waals surface area contributed by atoms with Crippen molar-refractivity contribution in [2.45, 2.75) is 45.6 Å². The van der Waals surface area contributed by atoms with Crippen molar-refractivity contribution in [2.75, 3.05) is 18.9 Å². The van der Waals surface area contributed by atoms with E-state index in [4.69, 9.17) is 20.7 Å². The first kappa shape index (κ1) is 28.6. The molecular weight excluding hydrogens is 442 g/mol. The minimum Gasteiger partial charge on any atom is -0.507 e. The van der Waals surface area contributed by atoms with Gasteiger partial charge in [-0.1, -0.05) is 57.4 Å². The number of hydrogen-bond acceptors (Lipinski definition) is 9. The molecule has 34 heavy (non-hydrogen) atoms. The average molecular weight is 476 g/mol. The Morgan fingerprint density at radius 2 is 1.59 bits per heavy atom. The molecule has 0 aliphatic heterocycles. The number of anilines is 1. The lowest BCUT2D eigenvalue weighted by Gasteiger charge is -2.14. The number of nitrogen functional groups attached to an aromatic ring is 1. The highest BCUT2D eigenvalue weighted by atomic mass is 16.6. The summed E-state index contributed by atoms with van der Waals surface area (Å²) >= 11 is 0. The first-order chi connectivity index (χ1) is 16.2. The Bertz CT molecular complexity index is 931. The number of aliphatic hydroxyl groups is 2.